The fraction of sp³-hybridized carbons (Fsp3) is 0.222. The molecule has 0 aliphatic carbocycles. The highest BCUT2D eigenvalue weighted by Gasteiger charge is 2.19. The van der Waals surface area contributed by atoms with Crippen LogP contribution in [0.25, 0.3) is 0 Å². The first kappa shape index (κ1) is 17.2. The zero-order valence-corrected chi connectivity index (χ0v) is 14.5. The number of hydrogen-bond acceptors (Lipinski definition) is 3. The first-order chi connectivity index (χ1) is 11.2. The van der Waals surface area contributed by atoms with E-state index in [-0.39, 0.29) is 5.91 Å². The van der Waals surface area contributed by atoms with E-state index in [9.17, 15) is 4.79 Å². The van der Waals surface area contributed by atoms with Crippen molar-refractivity contribution in [1.82, 2.24) is 5.43 Å². The van der Waals surface area contributed by atoms with Crippen LogP contribution in [0.3, 0.4) is 0 Å². The van der Waals surface area contributed by atoms with E-state index in [1.807, 2.05) is 61.5 Å². The van der Waals surface area contributed by atoms with Crippen LogP contribution in [0.1, 0.15) is 25.3 Å². The highest BCUT2D eigenvalue weighted by Crippen LogP contribution is 2.18. The average Bonchev–Trinajstić information content (AvgIpc) is 2.57. The topological polar surface area (TPSA) is 50.7 Å². The van der Waals surface area contributed by atoms with Crippen LogP contribution < -0.4 is 10.2 Å². The number of hydrogen-bond donors (Lipinski definition) is 1. The Kier molecular flexibility index (Phi) is 6.81. The summed E-state index contributed by atoms with van der Waals surface area (Å²) in [6.45, 7) is 2.01. The molecule has 1 amide bonds. The summed E-state index contributed by atoms with van der Waals surface area (Å²) in [6.07, 6.45) is 2.52. The van der Waals surface area contributed by atoms with Crippen LogP contribution in [0.5, 0.6) is 5.75 Å². The van der Waals surface area contributed by atoms with Crippen molar-refractivity contribution >= 4 is 28.1 Å². The Morgan fingerprint density at radius 1 is 1.22 bits per heavy atom. The molecule has 0 bridgehead atoms. The smallest absolute Gasteiger partial charge is 0.281 e. The first-order valence-electron chi connectivity index (χ1n) is 7.49. The molecule has 23 heavy (non-hydrogen) atoms. The maximum Gasteiger partial charge on any atom is 0.281 e. The maximum absolute atomic E-state index is 12.2. The highest BCUT2D eigenvalue weighted by atomic mass is 79.9. The lowest BCUT2D eigenvalue weighted by atomic mass is 10.2. The Morgan fingerprint density at radius 3 is 2.57 bits per heavy atom. The van der Waals surface area contributed by atoms with Crippen molar-refractivity contribution in [3.05, 3.63) is 64.6 Å². The van der Waals surface area contributed by atoms with Gasteiger partial charge in [-0.05, 0) is 36.2 Å². The summed E-state index contributed by atoms with van der Waals surface area (Å²) < 4.78 is 6.73. The van der Waals surface area contributed by atoms with Gasteiger partial charge in [-0.3, -0.25) is 4.79 Å². The summed E-state index contributed by atoms with van der Waals surface area (Å²) in [4.78, 5) is 12.2. The van der Waals surface area contributed by atoms with Crippen molar-refractivity contribution in [1.29, 1.82) is 0 Å². The van der Waals surface area contributed by atoms with Crippen LogP contribution in [0, 0.1) is 0 Å². The molecule has 0 aliphatic heterocycles. The van der Waals surface area contributed by atoms with Gasteiger partial charge in [0.2, 0.25) is 0 Å². The van der Waals surface area contributed by atoms with Crippen molar-refractivity contribution in [2.75, 3.05) is 0 Å². The van der Waals surface area contributed by atoms with Gasteiger partial charge in [0.25, 0.3) is 5.91 Å². The molecule has 5 heteroatoms. The number of ether oxygens (including phenoxy) is 1. The molecule has 0 radical (unpaired) electrons. The van der Waals surface area contributed by atoms with E-state index in [1.54, 1.807) is 6.21 Å². The number of benzene rings is 2. The van der Waals surface area contributed by atoms with Gasteiger partial charge in [0, 0.05) is 4.47 Å². The maximum atomic E-state index is 12.2. The largest absolute Gasteiger partial charge is 0.481 e. The van der Waals surface area contributed by atoms with Crippen LogP contribution in [0.15, 0.2) is 64.2 Å². The fourth-order valence-electron chi connectivity index (χ4n) is 1.96. The zero-order valence-electron chi connectivity index (χ0n) is 12.9. The van der Waals surface area contributed by atoms with Gasteiger partial charge < -0.3 is 4.74 Å². The summed E-state index contributed by atoms with van der Waals surface area (Å²) in [7, 11) is 0. The lowest BCUT2D eigenvalue weighted by molar-refractivity contribution is -0.128. The lowest BCUT2D eigenvalue weighted by Crippen LogP contribution is -2.35. The molecule has 0 saturated carbocycles. The third-order valence-corrected chi connectivity index (χ3v) is 3.65. The van der Waals surface area contributed by atoms with Gasteiger partial charge in [-0.1, -0.05) is 59.6 Å². The molecule has 0 fully saturated rings. The Bertz CT molecular complexity index is 642. The minimum Gasteiger partial charge on any atom is -0.481 e. The molecule has 0 aliphatic rings. The normalized spacial score (nSPS) is 12.1. The minimum atomic E-state index is -0.561. The molecular weight excluding hydrogens is 356 g/mol. The van der Waals surface area contributed by atoms with E-state index in [4.69, 9.17) is 4.74 Å². The molecule has 0 saturated heterocycles. The quantitative estimate of drug-likeness (QED) is 0.584. The van der Waals surface area contributed by atoms with Gasteiger partial charge >= 0.3 is 0 Å². The number of nitrogens with one attached hydrogen (secondary N) is 1. The number of carbonyl (C=O) groups is 1. The molecular formula is C18H19BrN2O2. The number of hydrazone groups is 1. The van der Waals surface area contributed by atoms with E-state index in [1.165, 1.54) is 0 Å². The summed E-state index contributed by atoms with van der Waals surface area (Å²) in [5.74, 6) is 0.413. The molecule has 0 spiro atoms. The third kappa shape index (κ3) is 5.87. The van der Waals surface area contributed by atoms with Crippen LogP contribution in [0.4, 0.5) is 0 Å². The van der Waals surface area contributed by atoms with E-state index >= 15 is 0 Å². The van der Waals surface area contributed by atoms with Crippen molar-refractivity contribution in [3.63, 3.8) is 0 Å². The molecule has 2 rings (SSSR count). The average molecular weight is 375 g/mol. The van der Waals surface area contributed by atoms with E-state index in [0.717, 1.165) is 16.5 Å². The van der Waals surface area contributed by atoms with Gasteiger partial charge in [0.15, 0.2) is 6.10 Å². The first-order valence-corrected chi connectivity index (χ1v) is 8.28. The molecule has 2 aromatic carbocycles. The molecule has 1 atom stereocenters. The summed E-state index contributed by atoms with van der Waals surface area (Å²) in [5, 5.41) is 3.99. The third-order valence-electron chi connectivity index (χ3n) is 3.12. The number of halogens is 1. The fourth-order valence-corrected chi connectivity index (χ4v) is 2.23. The Balaban J connectivity index is 1.95. The molecule has 1 N–H and O–H groups in total. The van der Waals surface area contributed by atoms with Gasteiger partial charge in [-0.2, -0.15) is 5.10 Å². The van der Waals surface area contributed by atoms with Crippen molar-refractivity contribution in [3.8, 4) is 5.75 Å². The second-order valence-corrected chi connectivity index (χ2v) is 5.91. The van der Waals surface area contributed by atoms with Crippen LogP contribution in [-0.4, -0.2) is 18.2 Å². The Morgan fingerprint density at radius 2 is 1.91 bits per heavy atom. The lowest BCUT2D eigenvalue weighted by Gasteiger charge is -2.16. The Hall–Kier alpha value is -2.14. The predicted octanol–water partition coefficient (Wildman–Crippen LogP) is 4.15. The summed E-state index contributed by atoms with van der Waals surface area (Å²) in [5.41, 5.74) is 3.47. The molecule has 0 heterocycles. The van der Waals surface area contributed by atoms with Crippen molar-refractivity contribution in [2.24, 2.45) is 5.10 Å². The van der Waals surface area contributed by atoms with Gasteiger partial charge in [-0.15, -0.1) is 0 Å². The van der Waals surface area contributed by atoms with E-state index in [0.29, 0.717) is 12.2 Å². The van der Waals surface area contributed by atoms with Crippen LogP contribution in [0.2, 0.25) is 0 Å². The number of carbonyl (C=O) groups excluding carboxylic acids is 1. The standard InChI is InChI=1S/C18H19BrN2O2/c1-2-6-17(23-16-11-9-15(19)10-12-16)18(22)21-20-13-14-7-4-3-5-8-14/h3-5,7-13,17H,2,6H2,1H3,(H,21,22)/b20-13-/t17-/m0/s1. The monoisotopic (exact) mass is 374 g/mol. The second kappa shape index (κ2) is 9.10. The van der Waals surface area contributed by atoms with E-state index < -0.39 is 6.10 Å². The van der Waals surface area contributed by atoms with Crippen molar-refractivity contribution in [2.45, 2.75) is 25.9 Å². The molecule has 0 aromatic heterocycles. The molecule has 0 unspecified atom stereocenters. The second-order valence-electron chi connectivity index (χ2n) is 4.99. The Labute approximate surface area is 144 Å². The number of amides is 1. The predicted molar refractivity (Wildman–Crippen MR) is 95.6 cm³/mol. The molecule has 2 aromatic rings. The molecule has 4 nitrogen and oxygen atoms in total. The van der Waals surface area contributed by atoms with Crippen LogP contribution >= 0.6 is 15.9 Å². The highest BCUT2D eigenvalue weighted by molar-refractivity contribution is 9.10. The minimum absolute atomic E-state index is 0.248. The van der Waals surface area contributed by atoms with Crippen molar-refractivity contribution < 1.29 is 9.53 Å². The van der Waals surface area contributed by atoms with Gasteiger partial charge in [0.1, 0.15) is 5.75 Å². The van der Waals surface area contributed by atoms with E-state index in [2.05, 4.69) is 26.5 Å². The zero-order chi connectivity index (χ0) is 16.5. The molecule has 120 valence electrons. The van der Waals surface area contributed by atoms with Gasteiger partial charge in [0.05, 0.1) is 6.21 Å². The SMILES string of the molecule is CCC[C@H](Oc1ccc(Br)cc1)C(=O)N/N=C\c1ccccc1. The van der Waals surface area contributed by atoms with Crippen LogP contribution in [-0.2, 0) is 4.79 Å². The van der Waals surface area contributed by atoms with Gasteiger partial charge in [-0.25, -0.2) is 5.43 Å². The number of rotatable bonds is 7. The number of nitrogens with zero attached hydrogens (tertiary/aromatic N) is 1. The summed E-state index contributed by atoms with van der Waals surface area (Å²) in [6, 6.07) is 17.0. The summed E-state index contributed by atoms with van der Waals surface area (Å²) >= 11 is 3.37.